The van der Waals surface area contributed by atoms with Gasteiger partial charge in [0.2, 0.25) is 5.03 Å². The molecule has 1 aromatic carbocycles. The molecule has 226 valence electrons. The van der Waals surface area contributed by atoms with Gasteiger partial charge in [-0.2, -0.15) is 0 Å². The maximum Gasteiger partial charge on any atom is 0.407 e. The Bertz CT molecular complexity index is 1900. The number of benzene rings is 1. The molecule has 7 rings (SSSR count). The summed E-state index contributed by atoms with van der Waals surface area (Å²) in [4.78, 5) is 47.3. The fourth-order valence-corrected chi connectivity index (χ4v) is 8.37. The first kappa shape index (κ1) is 28.8. The lowest BCUT2D eigenvalue weighted by Crippen LogP contribution is -2.33. The highest BCUT2D eigenvalue weighted by molar-refractivity contribution is 8.76. The molecule has 2 atom stereocenters. The molecular weight excluding hydrogens is 604 g/mol. The van der Waals surface area contributed by atoms with Crippen molar-refractivity contribution in [2.45, 2.75) is 63.2 Å². The van der Waals surface area contributed by atoms with Crippen LogP contribution in [0.1, 0.15) is 65.1 Å². The van der Waals surface area contributed by atoms with Gasteiger partial charge in [0.25, 0.3) is 5.56 Å². The Kier molecular flexibility index (Phi) is 7.57. The van der Waals surface area contributed by atoms with Crippen molar-refractivity contribution >= 4 is 44.6 Å². The fraction of sp³-hybridized carbons (Fsp3) is 0.344. The molecule has 0 saturated carbocycles. The van der Waals surface area contributed by atoms with Crippen LogP contribution in [0.25, 0.3) is 22.3 Å². The van der Waals surface area contributed by atoms with E-state index in [-0.39, 0.29) is 37.1 Å². The van der Waals surface area contributed by atoms with Crippen LogP contribution in [0, 0.1) is 12.7 Å². The Labute approximate surface area is 260 Å². The average Bonchev–Trinajstić information content (AvgIpc) is 3.39. The quantitative estimate of drug-likeness (QED) is 0.144. The number of carbonyl (C=O) groups is 2. The monoisotopic (exact) mass is 633 g/mol. The molecule has 0 spiro atoms. The van der Waals surface area contributed by atoms with Crippen LogP contribution < -0.4 is 15.9 Å². The fourth-order valence-electron chi connectivity index (χ4n) is 6.61. The SMILES string of the molecule is CC[C@H]1C(=O)OCc2c1cc1n(c2=O)Cc2c-1nc1cc(F)c(C)c3c1c2[C@@H](NC(=O)OCCSSc1cccc[nH+]1)CC3. The van der Waals surface area contributed by atoms with Gasteiger partial charge in [-0.1, -0.05) is 17.7 Å². The van der Waals surface area contributed by atoms with Crippen molar-refractivity contribution in [1.29, 1.82) is 0 Å². The normalized spacial score (nSPS) is 17.9. The molecule has 0 saturated heterocycles. The summed E-state index contributed by atoms with van der Waals surface area (Å²) in [6.07, 6.45) is 2.95. The number of cyclic esters (lactones) is 1. The molecule has 4 aromatic rings. The Morgan fingerprint density at radius 2 is 2.11 bits per heavy atom. The summed E-state index contributed by atoms with van der Waals surface area (Å²) in [5, 5.41) is 4.88. The third kappa shape index (κ3) is 4.84. The summed E-state index contributed by atoms with van der Waals surface area (Å²) in [5.41, 5.74) is 5.67. The number of aromatic nitrogens is 3. The maximum atomic E-state index is 15.1. The summed E-state index contributed by atoms with van der Waals surface area (Å²) >= 11 is 0. The number of fused-ring (bicyclic) bond motifs is 5. The topological polar surface area (TPSA) is 114 Å². The first-order valence-corrected chi connectivity index (χ1v) is 16.9. The molecular formula is C32H30FN4O5S2+. The number of ether oxygens (including phenoxy) is 2. The number of nitrogens with one attached hydrogen (secondary N) is 2. The number of hydrogen-bond donors (Lipinski definition) is 1. The molecule has 2 N–H and O–H groups in total. The zero-order chi connectivity index (χ0) is 30.5. The molecule has 0 fully saturated rings. The molecule has 12 heteroatoms. The molecule has 0 radical (unpaired) electrons. The number of alkyl carbamates (subject to hydrolysis) is 1. The molecule has 44 heavy (non-hydrogen) atoms. The van der Waals surface area contributed by atoms with Crippen LogP contribution in [0.5, 0.6) is 0 Å². The van der Waals surface area contributed by atoms with Crippen molar-refractivity contribution in [1.82, 2.24) is 14.9 Å². The van der Waals surface area contributed by atoms with Crippen molar-refractivity contribution < 1.29 is 28.4 Å². The van der Waals surface area contributed by atoms with Gasteiger partial charge in [0.05, 0.1) is 41.0 Å². The van der Waals surface area contributed by atoms with E-state index in [0.29, 0.717) is 58.6 Å². The van der Waals surface area contributed by atoms with Crippen LogP contribution in [-0.4, -0.2) is 34.0 Å². The number of H-pyrrole nitrogens is 1. The van der Waals surface area contributed by atoms with Gasteiger partial charge in [-0.05, 0) is 60.6 Å². The summed E-state index contributed by atoms with van der Waals surface area (Å²) in [6, 6.07) is 8.74. The molecule has 0 unspecified atom stereocenters. The minimum atomic E-state index is -0.530. The number of halogens is 1. The number of aromatic amines is 1. The Morgan fingerprint density at radius 1 is 1.25 bits per heavy atom. The van der Waals surface area contributed by atoms with Gasteiger partial charge >= 0.3 is 12.1 Å². The molecule has 1 amide bonds. The zero-order valence-electron chi connectivity index (χ0n) is 24.2. The van der Waals surface area contributed by atoms with Crippen molar-refractivity contribution in [3.8, 4) is 11.4 Å². The highest BCUT2D eigenvalue weighted by Gasteiger charge is 2.37. The van der Waals surface area contributed by atoms with Crippen molar-refractivity contribution in [2.75, 3.05) is 12.4 Å². The number of rotatable bonds is 7. The van der Waals surface area contributed by atoms with E-state index in [1.807, 2.05) is 37.4 Å². The third-order valence-electron chi connectivity index (χ3n) is 8.72. The summed E-state index contributed by atoms with van der Waals surface area (Å²) < 4.78 is 27.6. The number of nitrogens with zero attached hydrogens (tertiary/aromatic N) is 2. The van der Waals surface area contributed by atoms with Crippen LogP contribution in [-0.2, 0) is 33.8 Å². The summed E-state index contributed by atoms with van der Waals surface area (Å²) in [5.74, 6) is -0.604. The first-order chi connectivity index (χ1) is 21.4. The summed E-state index contributed by atoms with van der Waals surface area (Å²) in [7, 11) is 3.16. The molecule has 3 aliphatic rings. The Balaban J connectivity index is 1.22. The second-order valence-electron chi connectivity index (χ2n) is 11.1. The van der Waals surface area contributed by atoms with E-state index < -0.39 is 18.1 Å². The molecule has 5 heterocycles. The molecule has 2 aliphatic heterocycles. The van der Waals surface area contributed by atoms with Crippen molar-refractivity contribution in [3.63, 3.8) is 0 Å². The lowest BCUT2D eigenvalue weighted by Gasteiger charge is -2.29. The van der Waals surface area contributed by atoms with E-state index in [9.17, 15) is 14.4 Å². The van der Waals surface area contributed by atoms with Crippen LogP contribution in [0.2, 0.25) is 0 Å². The van der Waals surface area contributed by atoms with Gasteiger partial charge in [-0.25, -0.2) is 19.2 Å². The minimum Gasteiger partial charge on any atom is -0.460 e. The largest absolute Gasteiger partial charge is 0.460 e. The third-order valence-corrected chi connectivity index (χ3v) is 11.0. The zero-order valence-corrected chi connectivity index (χ0v) is 25.8. The van der Waals surface area contributed by atoms with E-state index in [1.165, 1.54) is 6.07 Å². The molecule has 0 bridgehead atoms. The van der Waals surface area contributed by atoms with Crippen LogP contribution in [0.3, 0.4) is 0 Å². The van der Waals surface area contributed by atoms with E-state index in [2.05, 4.69) is 10.3 Å². The molecule has 1 aliphatic carbocycles. The standard InChI is InChI=1S/C32H29FN4O5S2/c1-3-17-19-12-25-29-20(14-37(25)30(38)21(19)15-42-31(17)39)28-23(8-7-18-16(2)22(33)13-24(35-29)27(18)28)36-32(40)41-10-11-43-44-26-6-4-5-9-34-26/h4-6,9,12-13,17,23H,3,7-8,10-11,14-15H2,1-2H3,(H,36,40)/p+1/t17-,23+/m1/s1. The maximum absolute atomic E-state index is 15.1. The van der Waals surface area contributed by atoms with Gasteiger partial charge in [-0.15, -0.1) is 0 Å². The number of carbonyl (C=O) groups excluding carboxylic acids is 2. The predicted octanol–water partition coefficient (Wildman–Crippen LogP) is 5.39. The highest BCUT2D eigenvalue weighted by Crippen LogP contribution is 2.45. The van der Waals surface area contributed by atoms with Gasteiger partial charge < -0.3 is 19.4 Å². The van der Waals surface area contributed by atoms with Gasteiger partial charge in [-0.3, -0.25) is 9.59 Å². The average molecular weight is 634 g/mol. The van der Waals surface area contributed by atoms with E-state index >= 15 is 4.39 Å². The number of esters is 1. The minimum absolute atomic E-state index is 0.0621. The molecule has 3 aromatic heterocycles. The van der Waals surface area contributed by atoms with E-state index in [1.54, 1.807) is 33.1 Å². The predicted molar refractivity (Wildman–Crippen MR) is 165 cm³/mol. The lowest BCUT2D eigenvalue weighted by molar-refractivity contribution is -0.426. The Morgan fingerprint density at radius 3 is 2.91 bits per heavy atom. The van der Waals surface area contributed by atoms with Gasteiger partial charge in [0, 0.05) is 45.7 Å². The first-order valence-electron chi connectivity index (χ1n) is 14.6. The van der Waals surface area contributed by atoms with Crippen molar-refractivity contribution in [2.24, 2.45) is 0 Å². The van der Waals surface area contributed by atoms with Gasteiger partial charge in [0.15, 0.2) is 6.20 Å². The van der Waals surface area contributed by atoms with Crippen LogP contribution in [0.4, 0.5) is 9.18 Å². The van der Waals surface area contributed by atoms with Crippen LogP contribution in [0.15, 0.2) is 46.3 Å². The Hall–Kier alpha value is -3.90. The summed E-state index contributed by atoms with van der Waals surface area (Å²) in [6.45, 7) is 4.08. The van der Waals surface area contributed by atoms with Crippen LogP contribution >= 0.6 is 21.6 Å². The number of pyridine rings is 3. The molecule has 9 nitrogen and oxygen atoms in total. The second-order valence-corrected chi connectivity index (χ2v) is 13.6. The number of hydrogen-bond acceptors (Lipinski definition) is 8. The van der Waals surface area contributed by atoms with Crippen molar-refractivity contribution in [3.05, 3.63) is 86.1 Å². The highest BCUT2D eigenvalue weighted by atomic mass is 33.1. The van der Waals surface area contributed by atoms with Gasteiger partial charge in [0.1, 0.15) is 19.0 Å². The van der Waals surface area contributed by atoms with E-state index in [4.69, 9.17) is 14.5 Å². The van der Waals surface area contributed by atoms with E-state index in [0.717, 1.165) is 27.1 Å². The second kappa shape index (κ2) is 11.6. The lowest BCUT2D eigenvalue weighted by atomic mass is 9.81. The number of aryl methyl sites for hydroxylation is 1. The number of amides is 1. The smallest absolute Gasteiger partial charge is 0.407 e.